The van der Waals surface area contributed by atoms with Crippen molar-refractivity contribution in [2.24, 2.45) is 0 Å². The number of nitrogens with one attached hydrogen (secondary N) is 2. The second-order valence-electron chi connectivity index (χ2n) is 4.38. The second-order valence-corrected chi connectivity index (χ2v) is 6.09. The van der Waals surface area contributed by atoms with Gasteiger partial charge in [0, 0.05) is 5.69 Å². The first kappa shape index (κ1) is 13.8. The molecule has 0 aliphatic rings. The van der Waals surface area contributed by atoms with Crippen molar-refractivity contribution in [3.63, 3.8) is 0 Å². The van der Waals surface area contributed by atoms with Crippen molar-refractivity contribution >= 4 is 45.4 Å². The Balaban J connectivity index is 1.64. The van der Waals surface area contributed by atoms with Gasteiger partial charge in [-0.1, -0.05) is 18.2 Å². The van der Waals surface area contributed by atoms with Crippen molar-refractivity contribution in [2.75, 3.05) is 11.9 Å². The van der Waals surface area contributed by atoms with Gasteiger partial charge in [-0.05, 0) is 42.5 Å². The van der Waals surface area contributed by atoms with Gasteiger partial charge in [0.1, 0.15) is 5.75 Å². The predicted molar refractivity (Wildman–Crippen MR) is 87.6 cm³/mol. The molecule has 0 aliphatic heterocycles. The minimum atomic E-state index is -0.197. The van der Waals surface area contributed by atoms with Crippen LogP contribution < -0.4 is 10.1 Å². The van der Waals surface area contributed by atoms with E-state index < -0.39 is 0 Å². The minimum Gasteiger partial charge on any atom is -0.484 e. The van der Waals surface area contributed by atoms with Crippen LogP contribution in [0.15, 0.2) is 48.5 Å². The monoisotopic (exact) mass is 316 g/mol. The Hall–Kier alpha value is -2.18. The van der Waals surface area contributed by atoms with Gasteiger partial charge in [0.25, 0.3) is 5.91 Å². The number of benzene rings is 2. The third-order valence-electron chi connectivity index (χ3n) is 2.82. The molecular formula is C15H12N2O2S2. The molecular weight excluding hydrogens is 304 g/mol. The number of H-pyrrole nitrogens is 1. The van der Waals surface area contributed by atoms with Crippen LogP contribution in [0.3, 0.4) is 0 Å². The van der Waals surface area contributed by atoms with Crippen molar-refractivity contribution in [1.82, 2.24) is 4.98 Å². The lowest BCUT2D eigenvalue weighted by Crippen LogP contribution is -2.20. The van der Waals surface area contributed by atoms with Gasteiger partial charge < -0.3 is 15.0 Å². The highest BCUT2D eigenvalue weighted by Gasteiger charge is 2.05. The topological polar surface area (TPSA) is 54.1 Å². The van der Waals surface area contributed by atoms with Gasteiger partial charge in [0.05, 0.1) is 10.2 Å². The van der Waals surface area contributed by atoms with Gasteiger partial charge in [-0.15, -0.1) is 11.3 Å². The van der Waals surface area contributed by atoms with E-state index in [1.807, 2.05) is 48.5 Å². The molecule has 1 heterocycles. The number of aromatic amines is 1. The Morgan fingerprint density at radius 2 is 2.05 bits per heavy atom. The summed E-state index contributed by atoms with van der Waals surface area (Å²) in [5.41, 5.74) is 1.71. The van der Waals surface area contributed by atoms with Gasteiger partial charge in [-0.3, -0.25) is 4.79 Å². The molecule has 0 atom stereocenters. The van der Waals surface area contributed by atoms with Gasteiger partial charge in [-0.2, -0.15) is 0 Å². The maximum Gasteiger partial charge on any atom is 0.262 e. The quantitative estimate of drug-likeness (QED) is 0.716. The molecule has 3 rings (SSSR count). The van der Waals surface area contributed by atoms with Gasteiger partial charge in [-0.25, -0.2) is 0 Å². The van der Waals surface area contributed by atoms with E-state index in [9.17, 15) is 4.79 Å². The largest absolute Gasteiger partial charge is 0.484 e. The maximum atomic E-state index is 11.9. The Labute approximate surface area is 130 Å². The number of rotatable bonds is 4. The maximum absolute atomic E-state index is 11.9. The number of ether oxygens (including phenoxy) is 1. The van der Waals surface area contributed by atoms with E-state index in [-0.39, 0.29) is 12.5 Å². The third kappa shape index (κ3) is 3.48. The van der Waals surface area contributed by atoms with E-state index >= 15 is 0 Å². The molecule has 3 aromatic rings. The molecule has 4 nitrogen and oxygen atoms in total. The highest BCUT2D eigenvalue weighted by Crippen LogP contribution is 2.23. The summed E-state index contributed by atoms with van der Waals surface area (Å²) in [7, 11) is 0. The van der Waals surface area contributed by atoms with Crippen LogP contribution in [0.25, 0.3) is 10.2 Å². The summed E-state index contributed by atoms with van der Waals surface area (Å²) in [6, 6.07) is 14.9. The smallest absolute Gasteiger partial charge is 0.262 e. The van der Waals surface area contributed by atoms with Crippen LogP contribution in [0.1, 0.15) is 0 Å². The van der Waals surface area contributed by atoms with Crippen LogP contribution in [0.5, 0.6) is 5.75 Å². The number of carbonyl (C=O) groups is 1. The summed E-state index contributed by atoms with van der Waals surface area (Å²) < 4.78 is 7.14. The number of fused-ring (bicyclic) bond motifs is 1. The lowest BCUT2D eigenvalue weighted by molar-refractivity contribution is -0.118. The van der Waals surface area contributed by atoms with E-state index in [4.69, 9.17) is 17.0 Å². The van der Waals surface area contributed by atoms with Crippen LogP contribution in [0.4, 0.5) is 5.69 Å². The number of hydrogen-bond donors (Lipinski definition) is 2. The molecule has 0 unspecified atom stereocenters. The van der Waals surface area contributed by atoms with Gasteiger partial charge >= 0.3 is 0 Å². The predicted octanol–water partition coefficient (Wildman–Crippen LogP) is 3.98. The average Bonchev–Trinajstić information content (AvgIpc) is 2.85. The third-order valence-corrected chi connectivity index (χ3v) is 4.02. The summed E-state index contributed by atoms with van der Waals surface area (Å²) >= 11 is 6.58. The first-order valence-electron chi connectivity index (χ1n) is 6.31. The van der Waals surface area contributed by atoms with E-state index in [2.05, 4.69) is 10.3 Å². The molecule has 2 N–H and O–H groups in total. The minimum absolute atomic E-state index is 0.0229. The molecule has 0 saturated heterocycles. The van der Waals surface area contributed by atoms with E-state index in [0.717, 1.165) is 19.9 Å². The second kappa shape index (κ2) is 6.07. The molecule has 6 heteroatoms. The van der Waals surface area contributed by atoms with Crippen molar-refractivity contribution in [3.8, 4) is 5.75 Å². The van der Waals surface area contributed by atoms with Crippen molar-refractivity contribution in [3.05, 3.63) is 52.5 Å². The summed E-state index contributed by atoms with van der Waals surface area (Å²) in [6.45, 7) is -0.0229. The molecule has 0 radical (unpaired) electrons. The van der Waals surface area contributed by atoms with Crippen LogP contribution >= 0.6 is 23.6 Å². The van der Waals surface area contributed by atoms with Crippen molar-refractivity contribution in [2.45, 2.75) is 0 Å². The van der Waals surface area contributed by atoms with Crippen LogP contribution in [-0.4, -0.2) is 17.5 Å². The number of amides is 1. The molecule has 0 spiro atoms. The fraction of sp³-hybridized carbons (Fsp3) is 0.0667. The Kier molecular flexibility index (Phi) is 3.98. The Morgan fingerprint density at radius 3 is 2.86 bits per heavy atom. The van der Waals surface area contributed by atoms with Crippen LogP contribution in [0, 0.1) is 3.95 Å². The first-order chi connectivity index (χ1) is 10.2. The highest BCUT2D eigenvalue weighted by atomic mass is 32.1. The molecule has 0 saturated carbocycles. The van der Waals surface area contributed by atoms with Gasteiger partial charge in [0.15, 0.2) is 10.6 Å². The zero-order valence-corrected chi connectivity index (χ0v) is 12.6. The van der Waals surface area contributed by atoms with E-state index in [1.165, 1.54) is 11.3 Å². The molecule has 0 aliphatic carbocycles. The molecule has 21 heavy (non-hydrogen) atoms. The van der Waals surface area contributed by atoms with E-state index in [0.29, 0.717) is 5.75 Å². The van der Waals surface area contributed by atoms with Crippen LogP contribution in [0.2, 0.25) is 0 Å². The van der Waals surface area contributed by atoms with Crippen molar-refractivity contribution in [1.29, 1.82) is 0 Å². The normalized spacial score (nSPS) is 10.5. The molecule has 1 aromatic heterocycles. The summed E-state index contributed by atoms with van der Waals surface area (Å²) in [5.74, 6) is 0.476. The van der Waals surface area contributed by atoms with Crippen LogP contribution in [-0.2, 0) is 4.79 Å². The summed E-state index contributed by atoms with van der Waals surface area (Å²) in [4.78, 5) is 14.9. The number of para-hydroxylation sites is 1. The fourth-order valence-corrected chi connectivity index (χ4v) is 3.04. The number of thiazole rings is 1. The molecule has 1 amide bonds. The number of hydrogen-bond acceptors (Lipinski definition) is 4. The van der Waals surface area contributed by atoms with Gasteiger partial charge in [0.2, 0.25) is 0 Å². The molecule has 106 valence electrons. The molecule has 0 bridgehead atoms. The number of carbonyl (C=O) groups excluding carboxylic acids is 1. The highest BCUT2D eigenvalue weighted by molar-refractivity contribution is 7.73. The Morgan fingerprint density at radius 1 is 1.24 bits per heavy atom. The first-order valence-corrected chi connectivity index (χ1v) is 7.54. The lowest BCUT2D eigenvalue weighted by atomic mass is 10.3. The SMILES string of the molecule is O=C(COc1ccccc1)Nc1ccc2[nH]c(=S)sc2c1. The zero-order valence-electron chi connectivity index (χ0n) is 11.0. The summed E-state index contributed by atoms with van der Waals surface area (Å²) in [6.07, 6.45) is 0. The standard InChI is InChI=1S/C15H12N2O2S2/c18-14(9-19-11-4-2-1-3-5-11)16-10-6-7-12-13(8-10)21-15(20)17-12/h1-8H,9H2,(H,16,18)(H,17,20). The van der Waals surface area contributed by atoms with Crippen molar-refractivity contribution < 1.29 is 9.53 Å². The molecule has 0 fully saturated rings. The number of aromatic nitrogens is 1. The summed E-state index contributed by atoms with van der Waals surface area (Å²) in [5, 5.41) is 2.81. The number of anilines is 1. The lowest BCUT2D eigenvalue weighted by Gasteiger charge is -2.07. The zero-order chi connectivity index (χ0) is 14.7. The van der Waals surface area contributed by atoms with E-state index in [1.54, 1.807) is 0 Å². The fourth-order valence-electron chi connectivity index (χ4n) is 1.89. The average molecular weight is 316 g/mol. The Bertz CT molecular complexity index is 824. The molecule has 2 aromatic carbocycles.